The van der Waals surface area contributed by atoms with Gasteiger partial charge in [0, 0.05) is 36.8 Å². The number of rotatable bonds is 4. The number of aromatic carboxylic acids is 1. The van der Waals surface area contributed by atoms with E-state index in [1.54, 1.807) is 27.7 Å². The third kappa shape index (κ3) is 3.10. The van der Waals surface area contributed by atoms with Crippen LogP contribution in [0, 0.1) is 0 Å². The Balaban J connectivity index is 1.71. The zero-order valence-electron chi connectivity index (χ0n) is 14.6. The molecule has 2 aromatic carbocycles. The summed E-state index contributed by atoms with van der Waals surface area (Å²) < 4.78 is 1.77. The minimum absolute atomic E-state index is 0.139. The molecule has 0 radical (unpaired) electrons. The molecule has 0 saturated carbocycles. The molecule has 6 heteroatoms. The van der Waals surface area contributed by atoms with Crippen molar-refractivity contribution in [2.45, 2.75) is 19.4 Å². The molecule has 3 aromatic rings. The van der Waals surface area contributed by atoms with Crippen LogP contribution >= 0.6 is 0 Å². The van der Waals surface area contributed by atoms with Gasteiger partial charge < -0.3 is 14.6 Å². The van der Waals surface area contributed by atoms with Crippen LogP contribution in [0.15, 0.2) is 59.5 Å². The second kappa shape index (κ2) is 6.72. The number of carboxylic acid groups (broad SMARTS) is 1. The van der Waals surface area contributed by atoms with Crippen LogP contribution in [0.1, 0.15) is 28.8 Å². The average molecular weight is 362 g/mol. The molecule has 6 nitrogen and oxygen atoms in total. The summed E-state index contributed by atoms with van der Waals surface area (Å²) >= 11 is 0. The Bertz CT molecular complexity index is 1100. The predicted molar refractivity (Wildman–Crippen MR) is 102 cm³/mol. The molecule has 4 rings (SSSR count). The number of hydrogen-bond donors (Lipinski definition) is 1. The molecular formula is C21H18N2O4. The largest absolute Gasteiger partial charge is 0.477 e. The highest BCUT2D eigenvalue weighted by Gasteiger charge is 2.21. The molecule has 0 aliphatic carbocycles. The van der Waals surface area contributed by atoms with Crippen LogP contribution in [-0.4, -0.2) is 28.1 Å². The van der Waals surface area contributed by atoms with E-state index in [2.05, 4.69) is 0 Å². The van der Waals surface area contributed by atoms with Gasteiger partial charge in [-0.25, -0.2) is 4.79 Å². The fourth-order valence-corrected chi connectivity index (χ4v) is 3.53. The van der Waals surface area contributed by atoms with Gasteiger partial charge >= 0.3 is 5.97 Å². The Hall–Kier alpha value is -3.41. The van der Waals surface area contributed by atoms with Crippen molar-refractivity contribution in [3.8, 4) is 0 Å². The highest BCUT2D eigenvalue weighted by molar-refractivity contribution is 5.95. The van der Waals surface area contributed by atoms with E-state index in [0.29, 0.717) is 23.9 Å². The molecule has 1 aromatic heterocycles. The summed E-state index contributed by atoms with van der Waals surface area (Å²) in [6.07, 6.45) is 2.86. The van der Waals surface area contributed by atoms with Gasteiger partial charge in [0.05, 0.1) is 5.52 Å². The van der Waals surface area contributed by atoms with Crippen molar-refractivity contribution in [3.05, 3.63) is 76.1 Å². The number of para-hydroxylation sites is 1. The first kappa shape index (κ1) is 17.0. The number of fused-ring (bicyclic) bond motifs is 1. The van der Waals surface area contributed by atoms with Gasteiger partial charge in [-0.2, -0.15) is 0 Å². The van der Waals surface area contributed by atoms with Gasteiger partial charge in [-0.1, -0.05) is 24.3 Å². The van der Waals surface area contributed by atoms with Gasteiger partial charge in [0.2, 0.25) is 11.3 Å². The number of benzene rings is 2. The summed E-state index contributed by atoms with van der Waals surface area (Å²) in [7, 11) is 0. The molecule has 1 aliphatic rings. The monoisotopic (exact) mass is 362 g/mol. The lowest BCUT2D eigenvalue weighted by Gasteiger charge is -2.17. The summed E-state index contributed by atoms with van der Waals surface area (Å²) in [5, 5.41) is 9.73. The first-order chi connectivity index (χ1) is 13.0. The van der Waals surface area contributed by atoms with Crippen LogP contribution in [0.2, 0.25) is 0 Å². The summed E-state index contributed by atoms with van der Waals surface area (Å²) in [5.74, 6) is -1.09. The molecule has 1 fully saturated rings. The van der Waals surface area contributed by atoms with E-state index >= 15 is 0 Å². The zero-order valence-corrected chi connectivity index (χ0v) is 14.6. The van der Waals surface area contributed by atoms with Gasteiger partial charge in [-0.15, -0.1) is 0 Å². The molecule has 0 unspecified atom stereocenters. The molecule has 27 heavy (non-hydrogen) atoms. The second-order valence-corrected chi connectivity index (χ2v) is 6.64. The molecule has 0 bridgehead atoms. The Labute approximate surface area is 155 Å². The number of anilines is 1. The summed E-state index contributed by atoms with van der Waals surface area (Å²) in [6.45, 7) is 1.17. The van der Waals surface area contributed by atoms with E-state index in [1.165, 1.54) is 6.20 Å². The average Bonchev–Trinajstić information content (AvgIpc) is 3.10. The van der Waals surface area contributed by atoms with Gasteiger partial charge in [-0.3, -0.25) is 9.59 Å². The van der Waals surface area contributed by atoms with Crippen LogP contribution in [-0.2, 0) is 11.3 Å². The van der Waals surface area contributed by atoms with Gasteiger partial charge in [0.25, 0.3) is 0 Å². The minimum atomic E-state index is -1.23. The van der Waals surface area contributed by atoms with Crippen molar-refractivity contribution in [3.63, 3.8) is 0 Å². The van der Waals surface area contributed by atoms with Crippen LogP contribution < -0.4 is 10.3 Å². The number of carbonyl (C=O) groups is 2. The maximum absolute atomic E-state index is 12.4. The van der Waals surface area contributed by atoms with Gasteiger partial charge in [0.15, 0.2) is 0 Å². The van der Waals surface area contributed by atoms with Gasteiger partial charge in [0.1, 0.15) is 5.56 Å². The number of carbonyl (C=O) groups excluding carboxylic acids is 1. The Morgan fingerprint density at radius 2 is 1.78 bits per heavy atom. The van der Waals surface area contributed by atoms with Crippen molar-refractivity contribution in [1.29, 1.82) is 0 Å². The SMILES string of the molecule is O=C(O)c1cn(Cc2ccc(N3CCCC3=O)cc2)c2ccccc2c1=O. The van der Waals surface area contributed by atoms with Crippen molar-refractivity contribution in [2.24, 2.45) is 0 Å². The zero-order chi connectivity index (χ0) is 19.0. The lowest BCUT2D eigenvalue weighted by atomic mass is 10.1. The third-order valence-corrected chi connectivity index (χ3v) is 4.89. The van der Waals surface area contributed by atoms with Crippen LogP contribution in [0.5, 0.6) is 0 Å². The second-order valence-electron chi connectivity index (χ2n) is 6.64. The molecule has 1 aliphatic heterocycles. The van der Waals surface area contributed by atoms with E-state index < -0.39 is 11.4 Å². The molecular weight excluding hydrogens is 344 g/mol. The van der Waals surface area contributed by atoms with Crippen molar-refractivity contribution in [2.75, 3.05) is 11.4 Å². The van der Waals surface area contributed by atoms with Gasteiger partial charge in [-0.05, 0) is 36.2 Å². The minimum Gasteiger partial charge on any atom is -0.477 e. The Morgan fingerprint density at radius 1 is 1.04 bits per heavy atom. The van der Waals surface area contributed by atoms with Crippen LogP contribution in [0.25, 0.3) is 10.9 Å². The quantitative estimate of drug-likeness (QED) is 0.774. The summed E-state index contributed by atoms with van der Waals surface area (Å²) in [4.78, 5) is 37.5. The standard InChI is InChI=1S/C21H18N2O4/c24-19-6-3-11-23(19)15-9-7-14(8-10-15)12-22-13-17(21(26)27)20(25)16-4-1-2-5-18(16)22/h1-2,4-5,7-10,13H,3,6,11-12H2,(H,26,27). The summed E-state index contributed by atoms with van der Waals surface area (Å²) in [6, 6.07) is 14.6. The van der Waals surface area contributed by atoms with E-state index in [4.69, 9.17) is 0 Å². The number of aromatic nitrogens is 1. The molecule has 1 N–H and O–H groups in total. The van der Waals surface area contributed by atoms with Crippen LogP contribution in [0.4, 0.5) is 5.69 Å². The molecule has 1 saturated heterocycles. The van der Waals surface area contributed by atoms with E-state index in [9.17, 15) is 19.5 Å². The fraction of sp³-hybridized carbons (Fsp3) is 0.190. The topological polar surface area (TPSA) is 79.6 Å². The lowest BCUT2D eigenvalue weighted by molar-refractivity contribution is -0.117. The maximum Gasteiger partial charge on any atom is 0.341 e. The number of hydrogen-bond acceptors (Lipinski definition) is 3. The number of amides is 1. The number of nitrogens with zero attached hydrogens (tertiary/aromatic N) is 2. The number of carboxylic acids is 1. The maximum atomic E-state index is 12.4. The third-order valence-electron chi connectivity index (χ3n) is 4.89. The van der Waals surface area contributed by atoms with E-state index in [-0.39, 0.29) is 11.5 Å². The van der Waals surface area contributed by atoms with Crippen molar-refractivity contribution in [1.82, 2.24) is 4.57 Å². The highest BCUT2D eigenvalue weighted by Crippen LogP contribution is 2.22. The molecule has 0 atom stereocenters. The molecule has 136 valence electrons. The van der Waals surface area contributed by atoms with Crippen LogP contribution in [0.3, 0.4) is 0 Å². The van der Waals surface area contributed by atoms with E-state index in [1.807, 2.05) is 30.3 Å². The highest BCUT2D eigenvalue weighted by atomic mass is 16.4. The smallest absolute Gasteiger partial charge is 0.341 e. The van der Waals surface area contributed by atoms with Crippen molar-refractivity contribution >= 4 is 28.5 Å². The predicted octanol–water partition coefficient (Wildman–Crippen LogP) is 2.87. The Morgan fingerprint density at radius 3 is 2.44 bits per heavy atom. The molecule has 2 heterocycles. The van der Waals surface area contributed by atoms with E-state index in [0.717, 1.165) is 24.2 Å². The first-order valence-electron chi connectivity index (χ1n) is 8.79. The number of pyridine rings is 1. The molecule has 1 amide bonds. The fourth-order valence-electron chi connectivity index (χ4n) is 3.53. The summed E-state index contributed by atoms with van der Waals surface area (Å²) in [5.41, 5.74) is 1.80. The normalized spacial score (nSPS) is 14.1. The Kier molecular flexibility index (Phi) is 4.24. The molecule has 0 spiro atoms. The van der Waals surface area contributed by atoms with Crippen molar-refractivity contribution < 1.29 is 14.7 Å². The lowest BCUT2D eigenvalue weighted by Crippen LogP contribution is -2.23. The first-order valence-corrected chi connectivity index (χ1v) is 8.79.